The molecule has 31 heavy (non-hydrogen) atoms. The molecule has 0 saturated heterocycles. The fourth-order valence-corrected chi connectivity index (χ4v) is 3.68. The molecule has 0 bridgehead atoms. The van der Waals surface area contributed by atoms with Crippen LogP contribution < -0.4 is 10.7 Å². The SMILES string of the molecule is C/C(=N\NC(=S)Nc1cccc([SH](=O)=O)c1)c1nn(C)c(-c2ccc(Cl)c(Cl)c2)c1O. The molecule has 0 fully saturated rings. The molecule has 0 saturated carbocycles. The molecule has 3 rings (SSSR count). The van der Waals surface area contributed by atoms with Crippen molar-refractivity contribution in [3.8, 4) is 17.0 Å². The highest BCUT2D eigenvalue weighted by Crippen LogP contribution is 2.35. The van der Waals surface area contributed by atoms with E-state index < -0.39 is 10.7 Å². The van der Waals surface area contributed by atoms with Gasteiger partial charge in [0, 0.05) is 18.3 Å². The van der Waals surface area contributed by atoms with Gasteiger partial charge in [0.25, 0.3) is 0 Å². The molecule has 3 aromatic rings. The van der Waals surface area contributed by atoms with Gasteiger partial charge >= 0.3 is 0 Å². The van der Waals surface area contributed by atoms with E-state index in [9.17, 15) is 13.5 Å². The summed E-state index contributed by atoms with van der Waals surface area (Å²) < 4.78 is 23.7. The van der Waals surface area contributed by atoms with E-state index in [-0.39, 0.29) is 21.5 Å². The van der Waals surface area contributed by atoms with Crippen molar-refractivity contribution in [3.05, 3.63) is 58.2 Å². The minimum absolute atomic E-state index is 0.0743. The number of nitrogens with zero attached hydrogens (tertiary/aromatic N) is 3. The molecule has 0 aliphatic heterocycles. The molecule has 162 valence electrons. The maximum Gasteiger partial charge on any atom is 0.191 e. The first-order chi connectivity index (χ1) is 14.7. The average Bonchev–Trinajstić information content (AvgIpc) is 3.02. The Morgan fingerprint density at radius 2 is 1.94 bits per heavy atom. The molecule has 1 heterocycles. The number of aryl methyl sites for hydroxylation is 1. The van der Waals surface area contributed by atoms with Gasteiger partial charge in [-0.15, -0.1) is 0 Å². The largest absolute Gasteiger partial charge is 0.504 e. The molecular weight excluding hydrogens is 481 g/mol. The summed E-state index contributed by atoms with van der Waals surface area (Å²) >= 11 is 17.2. The van der Waals surface area contributed by atoms with Crippen LogP contribution in [-0.4, -0.2) is 34.1 Å². The highest BCUT2D eigenvalue weighted by molar-refractivity contribution is 7.80. The molecular formula is C19H17Cl2N5O3S2. The molecule has 0 aliphatic rings. The van der Waals surface area contributed by atoms with Crippen molar-refractivity contribution in [1.82, 2.24) is 15.2 Å². The van der Waals surface area contributed by atoms with Crippen LogP contribution in [0.1, 0.15) is 12.6 Å². The van der Waals surface area contributed by atoms with Crippen molar-refractivity contribution in [2.24, 2.45) is 12.1 Å². The zero-order valence-electron chi connectivity index (χ0n) is 16.3. The lowest BCUT2D eigenvalue weighted by molar-refractivity contribution is 0.475. The number of hydrazone groups is 1. The minimum atomic E-state index is -2.70. The predicted molar refractivity (Wildman–Crippen MR) is 127 cm³/mol. The van der Waals surface area contributed by atoms with Crippen LogP contribution in [0.4, 0.5) is 5.69 Å². The zero-order valence-corrected chi connectivity index (χ0v) is 19.5. The average molecular weight is 498 g/mol. The van der Waals surface area contributed by atoms with E-state index in [0.717, 1.165) is 0 Å². The second-order valence-electron chi connectivity index (χ2n) is 6.37. The van der Waals surface area contributed by atoms with Crippen LogP contribution in [0.5, 0.6) is 5.75 Å². The number of thiol groups is 1. The van der Waals surface area contributed by atoms with Gasteiger partial charge in [0.15, 0.2) is 27.3 Å². The number of aromatic hydroxyl groups is 1. The van der Waals surface area contributed by atoms with Gasteiger partial charge in [-0.1, -0.05) is 35.3 Å². The number of halogens is 2. The van der Waals surface area contributed by atoms with Crippen molar-refractivity contribution >= 4 is 62.6 Å². The number of thiocarbonyl (C=S) groups is 1. The Hall–Kier alpha value is -2.66. The highest BCUT2D eigenvalue weighted by Gasteiger charge is 2.19. The Morgan fingerprint density at radius 1 is 1.19 bits per heavy atom. The summed E-state index contributed by atoms with van der Waals surface area (Å²) in [6, 6.07) is 11.2. The topological polar surface area (TPSA) is 109 Å². The Labute approximate surface area is 195 Å². The van der Waals surface area contributed by atoms with E-state index in [2.05, 4.69) is 20.9 Å². The number of hydrogen-bond acceptors (Lipinski definition) is 6. The molecule has 0 radical (unpaired) electrons. The van der Waals surface area contributed by atoms with Gasteiger partial charge in [-0.2, -0.15) is 10.2 Å². The Morgan fingerprint density at radius 3 is 2.61 bits per heavy atom. The van der Waals surface area contributed by atoms with E-state index in [1.54, 1.807) is 44.3 Å². The molecule has 2 aromatic carbocycles. The highest BCUT2D eigenvalue weighted by atomic mass is 35.5. The molecule has 0 unspecified atom stereocenters. The lowest BCUT2D eigenvalue weighted by atomic mass is 10.1. The van der Waals surface area contributed by atoms with Crippen LogP contribution in [0.3, 0.4) is 0 Å². The summed E-state index contributed by atoms with van der Waals surface area (Å²) in [6.07, 6.45) is 0. The van der Waals surface area contributed by atoms with Crippen molar-refractivity contribution in [2.45, 2.75) is 11.8 Å². The Balaban J connectivity index is 1.78. The smallest absolute Gasteiger partial charge is 0.191 e. The first-order valence-corrected chi connectivity index (χ1v) is 11.1. The van der Waals surface area contributed by atoms with Gasteiger partial charge in [-0.25, -0.2) is 8.42 Å². The van der Waals surface area contributed by atoms with E-state index in [4.69, 9.17) is 35.4 Å². The summed E-state index contributed by atoms with van der Waals surface area (Å²) in [5.74, 6) is -0.0743. The molecule has 0 amide bonds. The van der Waals surface area contributed by atoms with Gasteiger partial charge in [0.2, 0.25) is 0 Å². The molecule has 1 aromatic heterocycles. The standard InChI is InChI=1S/C19H17Cl2N5O3S2/c1-10(23-24-19(30)22-12-4-3-5-13(9-12)31(28)29)16-18(27)17(26(2)25-16)11-6-7-14(20)15(21)8-11/h3-9,27,31H,1-2H3,(H2,22,24,30)/b23-10+. The molecule has 0 atom stereocenters. The molecule has 3 N–H and O–H groups in total. The van der Waals surface area contributed by atoms with E-state index in [1.165, 1.54) is 16.8 Å². The normalized spacial score (nSPS) is 11.6. The third-order valence-corrected chi connectivity index (χ3v) is 5.83. The second kappa shape index (κ2) is 9.65. The molecule has 0 aliphatic carbocycles. The van der Waals surface area contributed by atoms with Crippen LogP contribution in [0, 0.1) is 0 Å². The summed E-state index contributed by atoms with van der Waals surface area (Å²) in [5, 5.41) is 22.9. The lowest BCUT2D eigenvalue weighted by Gasteiger charge is -2.08. The number of aromatic nitrogens is 2. The van der Waals surface area contributed by atoms with Gasteiger partial charge in [0.05, 0.1) is 20.7 Å². The van der Waals surface area contributed by atoms with Crippen molar-refractivity contribution in [1.29, 1.82) is 0 Å². The third kappa shape index (κ3) is 5.34. The van der Waals surface area contributed by atoms with Gasteiger partial charge in [-0.3, -0.25) is 10.1 Å². The minimum Gasteiger partial charge on any atom is -0.504 e. The Kier molecular flexibility index (Phi) is 7.16. The summed E-state index contributed by atoms with van der Waals surface area (Å²) in [4.78, 5) is 0.163. The number of anilines is 1. The van der Waals surface area contributed by atoms with E-state index >= 15 is 0 Å². The molecule has 12 heteroatoms. The zero-order chi connectivity index (χ0) is 22.7. The van der Waals surface area contributed by atoms with Gasteiger partial charge < -0.3 is 10.4 Å². The fraction of sp³-hybridized carbons (Fsp3) is 0.105. The van der Waals surface area contributed by atoms with Crippen LogP contribution >= 0.6 is 35.4 Å². The predicted octanol–water partition coefficient (Wildman–Crippen LogP) is 3.78. The lowest BCUT2D eigenvalue weighted by Crippen LogP contribution is -2.25. The first-order valence-electron chi connectivity index (χ1n) is 8.75. The maximum absolute atomic E-state index is 11.1. The van der Waals surface area contributed by atoms with Crippen molar-refractivity contribution in [3.63, 3.8) is 0 Å². The van der Waals surface area contributed by atoms with Gasteiger partial charge in [0.1, 0.15) is 5.69 Å². The van der Waals surface area contributed by atoms with Gasteiger partial charge in [-0.05, 0) is 49.5 Å². The van der Waals surface area contributed by atoms with Crippen LogP contribution in [0.2, 0.25) is 10.0 Å². The first kappa shape index (κ1) is 23.0. The maximum atomic E-state index is 11.1. The van der Waals surface area contributed by atoms with Crippen molar-refractivity contribution < 1.29 is 13.5 Å². The monoisotopic (exact) mass is 497 g/mol. The quantitative estimate of drug-likeness (QED) is 0.184. The summed E-state index contributed by atoms with van der Waals surface area (Å²) in [5.41, 5.74) is 4.86. The van der Waals surface area contributed by atoms with Crippen LogP contribution in [0.15, 0.2) is 52.5 Å². The number of hydrogen-bond donors (Lipinski definition) is 4. The number of rotatable bonds is 5. The molecule has 0 spiro atoms. The van der Waals surface area contributed by atoms with Crippen LogP contribution in [-0.2, 0) is 17.8 Å². The number of benzene rings is 2. The van der Waals surface area contributed by atoms with E-state index in [0.29, 0.717) is 32.7 Å². The number of nitrogens with one attached hydrogen (secondary N) is 2. The fourth-order valence-electron chi connectivity index (χ4n) is 2.77. The summed E-state index contributed by atoms with van der Waals surface area (Å²) in [6.45, 7) is 1.65. The second-order valence-corrected chi connectivity index (χ2v) is 8.62. The third-order valence-electron chi connectivity index (χ3n) is 4.20. The summed E-state index contributed by atoms with van der Waals surface area (Å²) in [7, 11) is -1.02. The molecule has 8 nitrogen and oxygen atoms in total. The van der Waals surface area contributed by atoms with E-state index in [1.807, 2.05) is 0 Å². The van der Waals surface area contributed by atoms with Crippen LogP contribution in [0.25, 0.3) is 11.3 Å². The van der Waals surface area contributed by atoms with Crippen molar-refractivity contribution in [2.75, 3.05) is 5.32 Å². The Bertz CT molecular complexity index is 1260.